The molecule has 0 aromatic carbocycles. The van der Waals surface area contributed by atoms with Crippen molar-refractivity contribution in [1.29, 1.82) is 0 Å². The lowest BCUT2D eigenvalue weighted by Gasteiger charge is -2.24. The Labute approximate surface area is 103 Å². The molecule has 0 bridgehead atoms. The Kier molecular flexibility index (Phi) is 5.45. The van der Waals surface area contributed by atoms with Crippen molar-refractivity contribution in [3.8, 4) is 0 Å². The Hall–Kier alpha value is -1.06. The summed E-state index contributed by atoms with van der Waals surface area (Å²) in [6.07, 6.45) is 5.29. The molecule has 0 spiro atoms. The fourth-order valence-electron chi connectivity index (χ4n) is 2.29. The van der Waals surface area contributed by atoms with Crippen molar-refractivity contribution in [2.75, 3.05) is 0 Å². The number of rotatable bonds is 4. The summed E-state index contributed by atoms with van der Waals surface area (Å²) < 4.78 is 0. The van der Waals surface area contributed by atoms with Crippen LogP contribution in [0.5, 0.6) is 0 Å². The highest BCUT2D eigenvalue weighted by Crippen LogP contribution is 2.24. The maximum absolute atomic E-state index is 11.8. The van der Waals surface area contributed by atoms with Gasteiger partial charge in [-0.15, -0.1) is 0 Å². The predicted octanol–water partition coefficient (Wildman–Crippen LogP) is 2.18. The van der Waals surface area contributed by atoms with Crippen LogP contribution in [0.25, 0.3) is 0 Å². The van der Waals surface area contributed by atoms with E-state index in [-0.39, 0.29) is 17.9 Å². The summed E-state index contributed by atoms with van der Waals surface area (Å²) in [4.78, 5) is 23.0. The molecule has 0 aromatic heterocycles. The number of hydrogen-bond acceptors (Lipinski definition) is 2. The van der Waals surface area contributed by atoms with Gasteiger partial charge in [0.1, 0.15) is 0 Å². The topological polar surface area (TPSA) is 66.4 Å². The molecule has 0 heterocycles. The Morgan fingerprint density at radius 2 is 1.94 bits per heavy atom. The fourth-order valence-corrected chi connectivity index (χ4v) is 2.29. The van der Waals surface area contributed by atoms with Crippen molar-refractivity contribution in [2.45, 2.75) is 58.4 Å². The van der Waals surface area contributed by atoms with Gasteiger partial charge in [-0.1, -0.05) is 33.1 Å². The van der Waals surface area contributed by atoms with Crippen LogP contribution in [0, 0.1) is 11.8 Å². The monoisotopic (exact) mass is 241 g/mol. The van der Waals surface area contributed by atoms with Gasteiger partial charge in [-0.05, 0) is 19.3 Å². The van der Waals surface area contributed by atoms with Crippen LogP contribution in [-0.4, -0.2) is 23.0 Å². The van der Waals surface area contributed by atoms with Gasteiger partial charge in [-0.2, -0.15) is 0 Å². The van der Waals surface area contributed by atoms with E-state index in [4.69, 9.17) is 0 Å². The van der Waals surface area contributed by atoms with Crippen molar-refractivity contribution < 1.29 is 14.7 Å². The molecule has 1 rings (SSSR count). The number of hydrogen-bond donors (Lipinski definition) is 2. The minimum absolute atomic E-state index is 0.00866. The van der Waals surface area contributed by atoms with Gasteiger partial charge in [0.05, 0.1) is 5.92 Å². The first kappa shape index (κ1) is 14.0. The molecule has 2 N–H and O–H groups in total. The maximum Gasteiger partial charge on any atom is 0.308 e. The smallest absolute Gasteiger partial charge is 0.308 e. The van der Waals surface area contributed by atoms with E-state index in [0.29, 0.717) is 6.42 Å². The van der Waals surface area contributed by atoms with Gasteiger partial charge in [-0.3, -0.25) is 9.59 Å². The largest absolute Gasteiger partial charge is 0.481 e. The summed E-state index contributed by atoms with van der Waals surface area (Å²) in [6.45, 7) is 3.84. The number of carbonyl (C=O) groups is 2. The number of carboxylic acids is 1. The minimum atomic E-state index is -0.777. The highest BCUT2D eigenvalue weighted by atomic mass is 16.4. The van der Waals surface area contributed by atoms with Gasteiger partial charge in [0.15, 0.2) is 0 Å². The Bertz CT molecular complexity index is 278. The quantitative estimate of drug-likeness (QED) is 0.741. The van der Waals surface area contributed by atoms with Crippen LogP contribution in [0.15, 0.2) is 0 Å². The van der Waals surface area contributed by atoms with Crippen molar-refractivity contribution in [3.05, 3.63) is 0 Å². The van der Waals surface area contributed by atoms with Gasteiger partial charge in [0, 0.05) is 12.0 Å². The second-order valence-corrected chi connectivity index (χ2v) is 5.01. The predicted molar refractivity (Wildman–Crippen MR) is 65.6 cm³/mol. The van der Waals surface area contributed by atoms with Crippen LogP contribution in [0.4, 0.5) is 0 Å². The van der Waals surface area contributed by atoms with Crippen molar-refractivity contribution in [2.24, 2.45) is 11.8 Å². The molecule has 1 saturated carbocycles. The van der Waals surface area contributed by atoms with Gasteiger partial charge in [0.2, 0.25) is 5.91 Å². The van der Waals surface area contributed by atoms with E-state index in [1.165, 1.54) is 0 Å². The number of carbonyl (C=O) groups excluding carboxylic acids is 1. The standard InChI is InChI=1S/C13H23NO3/c1-3-9(2)12(15)14-11-8-6-4-5-7-10(11)13(16)17/h9-11H,3-8H2,1-2H3,(H,14,15)(H,16,17)/t9?,10-,11+/m1/s1. The molecule has 17 heavy (non-hydrogen) atoms. The highest BCUT2D eigenvalue weighted by Gasteiger charge is 2.31. The van der Waals surface area contributed by atoms with Gasteiger partial charge in [-0.25, -0.2) is 0 Å². The zero-order chi connectivity index (χ0) is 12.8. The van der Waals surface area contributed by atoms with Gasteiger partial charge >= 0.3 is 5.97 Å². The number of amides is 1. The zero-order valence-corrected chi connectivity index (χ0v) is 10.7. The molecule has 4 nitrogen and oxygen atoms in total. The highest BCUT2D eigenvalue weighted by molar-refractivity contribution is 5.79. The Balaban J connectivity index is 2.63. The Morgan fingerprint density at radius 1 is 1.29 bits per heavy atom. The van der Waals surface area contributed by atoms with Crippen molar-refractivity contribution in [1.82, 2.24) is 5.32 Å². The molecule has 1 fully saturated rings. The lowest BCUT2D eigenvalue weighted by atomic mass is 9.94. The first-order valence-corrected chi connectivity index (χ1v) is 6.59. The first-order chi connectivity index (χ1) is 8.06. The minimum Gasteiger partial charge on any atom is -0.481 e. The molecule has 98 valence electrons. The van der Waals surface area contributed by atoms with Crippen LogP contribution in [0.2, 0.25) is 0 Å². The van der Waals surface area contributed by atoms with Crippen LogP contribution in [0.3, 0.4) is 0 Å². The third-order valence-corrected chi connectivity index (χ3v) is 3.72. The summed E-state index contributed by atoms with van der Waals surface area (Å²) >= 11 is 0. The molecular formula is C13H23NO3. The second kappa shape index (κ2) is 6.62. The second-order valence-electron chi connectivity index (χ2n) is 5.01. The third kappa shape index (κ3) is 4.02. The number of nitrogens with one attached hydrogen (secondary N) is 1. The molecule has 3 atom stereocenters. The van der Waals surface area contributed by atoms with E-state index in [1.54, 1.807) is 0 Å². The van der Waals surface area contributed by atoms with E-state index >= 15 is 0 Å². The van der Waals surface area contributed by atoms with Crippen molar-refractivity contribution in [3.63, 3.8) is 0 Å². The molecule has 1 amide bonds. The molecule has 0 aliphatic heterocycles. The van der Waals surface area contributed by atoms with E-state index in [9.17, 15) is 14.7 Å². The van der Waals surface area contributed by atoms with E-state index in [2.05, 4.69) is 5.32 Å². The van der Waals surface area contributed by atoms with Gasteiger partial charge in [0.25, 0.3) is 0 Å². The average Bonchev–Trinajstić information content (AvgIpc) is 2.53. The molecule has 1 aliphatic carbocycles. The van der Waals surface area contributed by atoms with Crippen molar-refractivity contribution >= 4 is 11.9 Å². The molecule has 1 unspecified atom stereocenters. The molecular weight excluding hydrogens is 218 g/mol. The maximum atomic E-state index is 11.8. The summed E-state index contributed by atoms with van der Waals surface area (Å²) in [6, 6.07) is -0.184. The molecule has 1 aliphatic rings. The van der Waals surface area contributed by atoms with E-state index in [0.717, 1.165) is 32.1 Å². The summed E-state index contributed by atoms with van der Waals surface area (Å²) in [5.74, 6) is -1.23. The van der Waals surface area contributed by atoms with E-state index in [1.807, 2.05) is 13.8 Å². The summed E-state index contributed by atoms with van der Waals surface area (Å²) in [5.41, 5.74) is 0. The molecule has 0 radical (unpaired) electrons. The zero-order valence-electron chi connectivity index (χ0n) is 10.7. The summed E-state index contributed by atoms with van der Waals surface area (Å²) in [5, 5.41) is 12.1. The average molecular weight is 241 g/mol. The number of aliphatic carboxylic acids is 1. The van der Waals surface area contributed by atoms with Crippen LogP contribution < -0.4 is 5.32 Å². The molecule has 0 aromatic rings. The SMILES string of the molecule is CCC(C)C(=O)N[C@H]1CCCCC[C@H]1C(=O)O. The Morgan fingerprint density at radius 3 is 2.53 bits per heavy atom. The van der Waals surface area contributed by atoms with E-state index < -0.39 is 11.9 Å². The fraction of sp³-hybridized carbons (Fsp3) is 0.846. The van der Waals surface area contributed by atoms with Gasteiger partial charge < -0.3 is 10.4 Å². The lowest BCUT2D eigenvalue weighted by molar-refractivity contribution is -0.143. The summed E-state index contributed by atoms with van der Waals surface area (Å²) in [7, 11) is 0. The third-order valence-electron chi connectivity index (χ3n) is 3.72. The lowest BCUT2D eigenvalue weighted by Crippen LogP contribution is -2.44. The van der Waals surface area contributed by atoms with Crippen LogP contribution >= 0.6 is 0 Å². The number of carboxylic acid groups (broad SMARTS) is 1. The molecule has 0 saturated heterocycles. The van der Waals surface area contributed by atoms with Crippen LogP contribution in [0.1, 0.15) is 52.4 Å². The first-order valence-electron chi connectivity index (χ1n) is 6.59. The van der Waals surface area contributed by atoms with Crippen LogP contribution in [-0.2, 0) is 9.59 Å². The molecule has 4 heteroatoms. The normalized spacial score (nSPS) is 26.9.